The number of aromatic nitrogens is 2. The van der Waals surface area contributed by atoms with Crippen LogP contribution in [0.25, 0.3) is 0 Å². The molecule has 1 heterocycles. The van der Waals surface area contributed by atoms with E-state index in [0.29, 0.717) is 5.88 Å². The molecule has 0 saturated heterocycles. The Kier molecular flexibility index (Phi) is 3.76. The third kappa shape index (κ3) is 3.67. The Bertz CT molecular complexity index is 553. The Morgan fingerprint density at radius 3 is 2.21 bits per heavy atom. The van der Waals surface area contributed by atoms with Crippen LogP contribution >= 0.6 is 11.6 Å². The molecule has 0 saturated carbocycles. The highest BCUT2D eigenvalue weighted by Crippen LogP contribution is 2.26. The van der Waals surface area contributed by atoms with E-state index in [1.54, 1.807) is 6.07 Å². The first-order chi connectivity index (χ1) is 8.84. The van der Waals surface area contributed by atoms with Gasteiger partial charge >= 0.3 is 0 Å². The van der Waals surface area contributed by atoms with Crippen LogP contribution in [0.3, 0.4) is 0 Å². The molecule has 100 valence electrons. The monoisotopic (exact) mass is 276 g/mol. The minimum absolute atomic E-state index is 0.132. The van der Waals surface area contributed by atoms with E-state index in [1.807, 2.05) is 19.1 Å². The van der Waals surface area contributed by atoms with Gasteiger partial charge in [-0.1, -0.05) is 32.9 Å². The molecular weight excluding hydrogens is 260 g/mol. The summed E-state index contributed by atoms with van der Waals surface area (Å²) in [6.07, 6.45) is 0. The van der Waals surface area contributed by atoms with Gasteiger partial charge in [0.1, 0.15) is 5.75 Å². The zero-order chi connectivity index (χ0) is 14.0. The van der Waals surface area contributed by atoms with Crippen molar-refractivity contribution in [3.05, 3.63) is 46.9 Å². The molecule has 0 aliphatic rings. The predicted octanol–water partition coefficient (Wildman–Crippen LogP) is 4.53. The summed E-state index contributed by atoms with van der Waals surface area (Å²) in [5, 5.41) is 0.196. The lowest BCUT2D eigenvalue weighted by atomic mass is 9.87. The van der Waals surface area contributed by atoms with Gasteiger partial charge in [0.2, 0.25) is 11.2 Å². The standard InChI is InChI=1S/C15H17ClN2O/c1-10-9-13(18-14(16)17-10)19-12-7-5-11(6-8-12)15(2,3)4/h5-9H,1-4H3. The number of rotatable bonds is 2. The second-order valence-electron chi connectivity index (χ2n) is 5.49. The number of aryl methyl sites for hydroxylation is 1. The van der Waals surface area contributed by atoms with Crippen molar-refractivity contribution < 1.29 is 4.74 Å². The third-order valence-electron chi connectivity index (χ3n) is 2.75. The predicted molar refractivity (Wildman–Crippen MR) is 77.0 cm³/mol. The van der Waals surface area contributed by atoms with Crippen molar-refractivity contribution in [2.24, 2.45) is 0 Å². The fourth-order valence-electron chi connectivity index (χ4n) is 1.70. The van der Waals surface area contributed by atoms with Crippen LogP contribution in [0.4, 0.5) is 0 Å². The fourth-order valence-corrected chi connectivity index (χ4v) is 1.92. The molecule has 0 aliphatic carbocycles. The highest BCUT2D eigenvalue weighted by Gasteiger charge is 2.13. The number of benzene rings is 1. The van der Waals surface area contributed by atoms with Crippen molar-refractivity contribution in [3.63, 3.8) is 0 Å². The zero-order valence-corrected chi connectivity index (χ0v) is 12.3. The Labute approximate surface area is 118 Å². The second kappa shape index (κ2) is 5.17. The molecule has 0 aliphatic heterocycles. The van der Waals surface area contributed by atoms with Gasteiger partial charge in [0.15, 0.2) is 0 Å². The number of hydrogen-bond donors (Lipinski definition) is 0. The zero-order valence-electron chi connectivity index (χ0n) is 11.6. The van der Waals surface area contributed by atoms with Gasteiger partial charge in [-0.2, -0.15) is 4.98 Å². The Hall–Kier alpha value is -1.61. The molecule has 0 atom stereocenters. The van der Waals surface area contributed by atoms with E-state index < -0.39 is 0 Å². The summed E-state index contributed by atoms with van der Waals surface area (Å²) in [6.45, 7) is 8.38. The van der Waals surface area contributed by atoms with E-state index in [0.717, 1.165) is 11.4 Å². The van der Waals surface area contributed by atoms with Crippen molar-refractivity contribution in [3.8, 4) is 11.6 Å². The van der Waals surface area contributed by atoms with Crippen LogP contribution in [0.5, 0.6) is 11.6 Å². The lowest BCUT2D eigenvalue weighted by molar-refractivity contribution is 0.460. The third-order valence-corrected chi connectivity index (χ3v) is 2.92. The van der Waals surface area contributed by atoms with Gasteiger partial charge in [-0.15, -0.1) is 0 Å². The van der Waals surface area contributed by atoms with Crippen molar-refractivity contribution >= 4 is 11.6 Å². The van der Waals surface area contributed by atoms with Crippen LogP contribution in [-0.2, 0) is 5.41 Å². The summed E-state index contributed by atoms with van der Waals surface area (Å²) < 4.78 is 5.67. The van der Waals surface area contributed by atoms with Crippen molar-refractivity contribution in [2.75, 3.05) is 0 Å². The van der Waals surface area contributed by atoms with Crippen LogP contribution in [-0.4, -0.2) is 9.97 Å². The minimum Gasteiger partial charge on any atom is -0.439 e. The van der Waals surface area contributed by atoms with Gasteiger partial charge in [-0.05, 0) is 41.6 Å². The molecule has 0 bridgehead atoms. The van der Waals surface area contributed by atoms with Crippen LogP contribution in [0.1, 0.15) is 32.0 Å². The molecule has 0 radical (unpaired) electrons. The van der Waals surface area contributed by atoms with Gasteiger partial charge in [-0.3, -0.25) is 0 Å². The molecule has 0 fully saturated rings. The SMILES string of the molecule is Cc1cc(Oc2ccc(C(C)(C)C)cc2)nc(Cl)n1. The van der Waals surface area contributed by atoms with Gasteiger partial charge < -0.3 is 4.74 Å². The van der Waals surface area contributed by atoms with Crippen molar-refractivity contribution in [1.29, 1.82) is 0 Å². The number of nitrogens with zero attached hydrogens (tertiary/aromatic N) is 2. The first-order valence-corrected chi connectivity index (χ1v) is 6.52. The Morgan fingerprint density at radius 1 is 1.05 bits per heavy atom. The average Bonchev–Trinajstić information content (AvgIpc) is 2.26. The van der Waals surface area contributed by atoms with Crippen LogP contribution < -0.4 is 4.74 Å². The summed E-state index contributed by atoms with van der Waals surface area (Å²) in [5.74, 6) is 1.20. The molecule has 0 spiro atoms. The first-order valence-electron chi connectivity index (χ1n) is 6.14. The fraction of sp³-hybridized carbons (Fsp3) is 0.333. The average molecular weight is 277 g/mol. The summed E-state index contributed by atoms with van der Waals surface area (Å²) >= 11 is 5.80. The van der Waals surface area contributed by atoms with Crippen LogP contribution in [0.15, 0.2) is 30.3 Å². The van der Waals surface area contributed by atoms with E-state index in [9.17, 15) is 0 Å². The number of hydrogen-bond acceptors (Lipinski definition) is 3. The van der Waals surface area contributed by atoms with E-state index in [-0.39, 0.29) is 10.7 Å². The molecule has 3 nitrogen and oxygen atoms in total. The van der Waals surface area contributed by atoms with Crippen molar-refractivity contribution in [1.82, 2.24) is 9.97 Å². The van der Waals surface area contributed by atoms with Gasteiger partial charge in [0, 0.05) is 11.8 Å². The largest absolute Gasteiger partial charge is 0.439 e. The van der Waals surface area contributed by atoms with Gasteiger partial charge in [-0.25, -0.2) is 4.98 Å². The lowest BCUT2D eigenvalue weighted by Gasteiger charge is -2.19. The normalized spacial score (nSPS) is 11.4. The lowest BCUT2D eigenvalue weighted by Crippen LogP contribution is -2.10. The topological polar surface area (TPSA) is 35.0 Å². The quantitative estimate of drug-likeness (QED) is 0.756. The van der Waals surface area contributed by atoms with Crippen LogP contribution in [0, 0.1) is 6.92 Å². The molecule has 1 aromatic heterocycles. The maximum absolute atomic E-state index is 5.80. The molecule has 0 amide bonds. The molecule has 2 rings (SSSR count). The number of halogens is 1. The highest BCUT2D eigenvalue weighted by molar-refractivity contribution is 6.28. The molecule has 0 N–H and O–H groups in total. The maximum atomic E-state index is 5.80. The molecule has 2 aromatic rings. The minimum atomic E-state index is 0.132. The molecule has 19 heavy (non-hydrogen) atoms. The highest BCUT2D eigenvalue weighted by atomic mass is 35.5. The molecular formula is C15H17ClN2O. The van der Waals surface area contributed by atoms with E-state index in [2.05, 4.69) is 42.9 Å². The summed E-state index contributed by atoms with van der Waals surface area (Å²) in [5.41, 5.74) is 2.17. The van der Waals surface area contributed by atoms with Crippen molar-refractivity contribution in [2.45, 2.75) is 33.1 Å². The molecule has 0 unspecified atom stereocenters. The Morgan fingerprint density at radius 2 is 1.68 bits per heavy atom. The summed E-state index contributed by atoms with van der Waals surface area (Å²) in [4.78, 5) is 8.03. The van der Waals surface area contributed by atoms with E-state index in [1.165, 1.54) is 5.56 Å². The van der Waals surface area contributed by atoms with Crippen LogP contribution in [0.2, 0.25) is 5.28 Å². The molecule has 4 heteroatoms. The van der Waals surface area contributed by atoms with Gasteiger partial charge in [0.05, 0.1) is 0 Å². The van der Waals surface area contributed by atoms with Gasteiger partial charge in [0.25, 0.3) is 0 Å². The summed E-state index contributed by atoms with van der Waals surface area (Å²) in [6, 6.07) is 9.75. The van der Waals surface area contributed by atoms with E-state index >= 15 is 0 Å². The summed E-state index contributed by atoms with van der Waals surface area (Å²) in [7, 11) is 0. The Balaban J connectivity index is 2.20. The first kappa shape index (κ1) is 13.8. The second-order valence-corrected chi connectivity index (χ2v) is 5.83. The smallest absolute Gasteiger partial charge is 0.225 e. The maximum Gasteiger partial charge on any atom is 0.225 e. The van der Waals surface area contributed by atoms with E-state index in [4.69, 9.17) is 16.3 Å². The molecule has 1 aromatic carbocycles. The number of ether oxygens (including phenoxy) is 1.